The first-order valence-electron chi connectivity index (χ1n) is 8.18. The average molecular weight is 345 g/mol. The zero-order valence-electron chi connectivity index (χ0n) is 14.4. The van der Waals surface area contributed by atoms with Gasteiger partial charge in [-0.05, 0) is 30.7 Å². The SMILES string of the molecule is C#CCOc1ccc(/C=N/NC(=O)CN2CCOCC2)cc1OCC. The number of carbonyl (C=O) groups is 1. The lowest BCUT2D eigenvalue weighted by Crippen LogP contribution is -2.42. The van der Waals surface area contributed by atoms with Crippen LogP contribution in [0.4, 0.5) is 0 Å². The van der Waals surface area contributed by atoms with Crippen LogP contribution in [0.5, 0.6) is 11.5 Å². The lowest BCUT2D eigenvalue weighted by Gasteiger charge is -2.25. The van der Waals surface area contributed by atoms with E-state index in [-0.39, 0.29) is 12.5 Å². The zero-order chi connectivity index (χ0) is 17.9. The van der Waals surface area contributed by atoms with Crippen molar-refractivity contribution in [2.24, 2.45) is 5.10 Å². The van der Waals surface area contributed by atoms with Crippen molar-refractivity contribution in [3.8, 4) is 23.8 Å². The van der Waals surface area contributed by atoms with Gasteiger partial charge in [0.25, 0.3) is 5.91 Å². The van der Waals surface area contributed by atoms with Gasteiger partial charge in [0.15, 0.2) is 11.5 Å². The van der Waals surface area contributed by atoms with Gasteiger partial charge >= 0.3 is 0 Å². The molecule has 7 nitrogen and oxygen atoms in total. The first kappa shape index (κ1) is 18.8. The summed E-state index contributed by atoms with van der Waals surface area (Å²) in [4.78, 5) is 13.9. The Balaban J connectivity index is 1.89. The summed E-state index contributed by atoms with van der Waals surface area (Å²) in [5, 5.41) is 3.99. The van der Waals surface area contributed by atoms with E-state index in [2.05, 4.69) is 16.4 Å². The van der Waals surface area contributed by atoms with Crippen LogP contribution in [0.25, 0.3) is 0 Å². The number of morpholine rings is 1. The molecule has 1 heterocycles. The summed E-state index contributed by atoms with van der Waals surface area (Å²) >= 11 is 0. The van der Waals surface area contributed by atoms with E-state index in [4.69, 9.17) is 20.6 Å². The fraction of sp³-hybridized carbons (Fsp3) is 0.444. The second-order valence-corrected chi connectivity index (χ2v) is 5.31. The van der Waals surface area contributed by atoms with E-state index in [1.54, 1.807) is 18.3 Å². The van der Waals surface area contributed by atoms with Crippen LogP contribution in [0.2, 0.25) is 0 Å². The van der Waals surface area contributed by atoms with Gasteiger partial charge in [-0.2, -0.15) is 5.10 Å². The summed E-state index contributed by atoms with van der Waals surface area (Å²) in [6.45, 7) is 5.70. The molecular formula is C18H23N3O4. The molecular weight excluding hydrogens is 322 g/mol. The van der Waals surface area contributed by atoms with Crippen molar-refractivity contribution in [1.29, 1.82) is 0 Å². The third-order valence-electron chi connectivity index (χ3n) is 3.45. The van der Waals surface area contributed by atoms with Gasteiger partial charge in [0, 0.05) is 13.1 Å². The molecule has 1 aliphatic heterocycles. The van der Waals surface area contributed by atoms with Crippen molar-refractivity contribution in [3.63, 3.8) is 0 Å². The minimum atomic E-state index is -0.155. The highest BCUT2D eigenvalue weighted by Crippen LogP contribution is 2.27. The van der Waals surface area contributed by atoms with Crippen LogP contribution in [0.3, 0.4) is 0 Å². The summed E-state index contributed by atoms with van der Waals surface area (Å²) in [6.07, 6.45) is 6.76. The fourth-order valence-corrected chi connectivity index (χ4v) is 2.29. The summed E-state index contributed by atoms with van der Waals surface area (Å²) in [6, 6.07) is 5.36. The number of carbonyl (C=O) groups excluding carboxylic acids is 1. The molecule has 134 valence electrons. The Morgan fingerprint density at radius 3 is 2.92 bits per heavy atom. The number of amides is 1. The Morgan fingerprint density at radius 1 is 1.40 bits per heavy atom. The number of nitrogens with zero attached hydrogens (tertiary/aromatic N) is 2. The summed E-state index contributed by atoms with van der Waals surface area (Å²) in [5.41, 5.74) is 3.31. The van der Waals surface area contributed by atoms with Crippen molar-refractivity contribution in [3.05, 3.63) is 23.8 Å². The van der Waals surface area contributed by atoms with Crippen LogP contribution in [0.15, 0.2) is 23.3 Å². The van der Waals surface area contributed by atoms with Gasteiger partial charge in [-0.3, -0.25) is 9.69 Å². The predicted molar refractivity (Wildman–Crippen MR) is 94.9 cm³/mol. The van der Waals surface area contributed by atoms with E-state index in [1.807, 2.05) is 17.9 Å². The molecule has 0 bridgehead atoms. The van der Waals surface area contributed by atoms with Crippen LogP contribution in [-0.4, -0.2) is 63.1 Å². The first-order valence-corrected chi connectivity index (χ1v) is 8.18. The number of nitrogens with one attached hydrogen (secondary N) is 1. The second kappa shape index (κ2) is 10.3. The molecule has 0 atom stereocenters. The highest BCUT2D eigenvalue weighted by molar-refractivity contribution is 5.83. The number of benzene rings is 1. The monoisotopic (exact) mass is 345 g/mol. The molecule has 1 fully saturated rings. The van der Waals surface area contributed by atoms with Crippen molar-refractivity contribution < 1.29 is 19.0 Å². The molecule has 0 aliphatic carbocycles. The Kier molecular flexibility index (Phi) is 7.76. The van der Waals surface area contributed by atoms with Crippen LogP contribution in [0.1, 0.15) is 12.5 Å². The molecule has 1 aliphatic rings. The number of ether oxygens (including phenoxy) is 3. The standard InChI is InChI=1S/C18H23N3O4/c1-3-9-25-16-6-5-15(12-17(16)24-4-2)13-19-20-18(22)14-21-7-10-23-11-8-21/h1,5-6,12-13H,4,7-11,14H2,2H3,(H,20,22)/b19-13+. The second-order valence-electron chi connectivity index (χ2n) is 5.31. The quantitative estimate of drug-likeness (QED) is 0.430. The highest BCUT2D eigenvalue weighted by atomic mass is 16.5. The van der Waals surface area contributed by atoms with Crippen LogP contribution in [-0.2, 0) is 9.53 Å². The van der Waals surface area contributed by atoms with E-state index in [1.165, 1.54) is 0 Å². The zero-order valence-corrected chi connectivity index (χ0v) is 14.4. The fourth-order valence-electron chi connectivity index (χ4n) is 2.29. The van der Waals surface area contributed by atoms with Gasteiger partial charge in [0.05, 0.1) is 32.6 Å². The number of hydrogen-bond acceptors (Lipinski definition) is 6. The summed E-state index contributed by atoms with van der Waals surface area (Å²) in [7, 11) is 0. The smallest absolute Gasteiger partial charge is 0.254 e. The van der Waals surface area contributed by atoms with E-state index < -0.39 is 0 Å². The molecule has 0 saturated carbocycles. The number of terminal acetylenes is 1. The van der Waals surface area contributed by atoms with Crippen LogP contribution < -0.4 is 14.9 Å². The lowest BCUT2D eigenvalue weighted by atomic mass is 10.2. The first-order chi connectivity index (χ1) is 12.2. The Bertz CT molecular complexity index is 634. The summed E-state index contributed by atoms with van der Waals surface area (Å²) in [5.74, 6) is 3.42. The predicted octanol–water partition coefficient (Wildman–Crippen LogP) is 0.880. The van der Waals surface area contributed by atoms with Crippen molar-refractivity contribution in [1.82, 2.24) is 10.3 Å². The van der Waals surface area contributed by atoms with Gasteiger partial charge in [0.1, 0.15) is 6.61 Å². The van der Waals surface area contributed by atoms with E-state index >= 15 is 0 Å². The molecule has 0 spiro atoms. The van der Waals surface area contributed by atoms with Crippen molar-refractivity contribution >= 4 is 12.1 Å². The van der Waals surface area contributed by atoms with Gasteiger partial charge in [-0.25, -0.2) is 5.43 Å². The van der Waals surface area contributed by atoms with E-state index in [0.29, 0.717) is 37.9 Å². The molecule has 1 amide bonds. The molecule has 7 heteroatoms. The molecule has 1 saturated heterocycles. The summed E-state index contributed by atoms with van der Waals surface area (Å²) < 4.78 is 16.2. The Hall–Kier alpha value is -2.56. The molecule has 0 radical (unpaired) electrons. The highest BCUT2D eigenvalue weighted by Gasteiger charge is 2.13. The maximum Gasteiger partial charge on any atom is 0.254 e. The van der Waals surface area contributed by atoms with Crippen molar-refractivity contribution in [2.75, 3.05) is 46.1 Å². The third kappa shape index (κ3) is 6.45. The third-order valence-corrected chi connectivity index (χ3v) is 3.45. The van der Waals surface area contributed by atoms with Gasteiger partial charge < -0.3 is 14.2 Å². The van der Waals surface area contributed by atoms with E-state index in [0.717, 1.165) is 18.7 Å². The van der Waals surface area contributed by atoms with Crippen LogP contribution in [0, 0.1) is 12.3 Å². The van der Waals surface area contributed by atoms with E-state index in [9.17, 15) is 4.79 Å². The number of hydrazone groups is 1. The largest absolute Gasteiger partial charge is 0.490 e. The Morgan fingerprint density at radius 2 is 2.20 bits per heavy atom. The molecule has 1 aromatic carbocycles. The topological polar surface area (TPSA) is 72.4 Å². The van der Waals surface area contributed by atoms with Crippen LogP contribution >= 0.6 is 0 Å². The number of hydrogen-bond donors (Lipinski definition) is 1. The molecule has 1 N–H and O–H groups in total. The minimum absolute atomic E-state index is 0.155. The average Bonchev–Trinajstić information content (AvgIpc) is 2.62. The van der Waals surface area contributed by atoms with Gasteiger partial charge in [-0.1, -0.05) is 5.92 Å². The van der Waals surface area contributed by atoms with Crippen molar-refractivity contribution in [2.45, 2.75) is 6.92 Å². The molecule has 2 rings (SSSR count). The molecule has 0 aromatic heterocycles. The van der Waals surface area contributed by atoms with Gasteiger partial charge in [-0.15, -0.1) is 6.42 Å². The molecule has 25 heavy (non-hydrogen) atoms. The maximum absolute atomic E-state index is 11.9. The molecule has 1 aromatic rings. The maximum atomic E-state index is 11.9. The number of rotatable bonds is 8. The van der Waals surface area contributed by atoms with Gasteiger partial charge in [0.2, 0.25) is 0 Å². The minimum Gasteiger partial charge on any atom is -0.490 e. The normalized spacial score (nSPS) is 14.9. The Labute approximate surface area is 147 Å². The molecule has 0 unspecified atom stereocenters. The lowest BCUT2D eigenvalue weighted by molar-refractivity contribution is -0.123.